The van der Waals surface area contributed by atoms with Gasteiger partial charge < -0.3 is 10.2 Å². The van der Waals surface area contributed by atoms with Gasteiger partial charge in [0.15, 0.2) is 5.78 Å². The Morgan fingerprint density at radius 1 is 1.32 bits per heavy atom. The maximum absolute atomic E-state index is 12.0. The Morgan fingerprint density at radius 3 is 2.73 bits per heavy atom. The SMILES string of the molecule is CN(C)C1CCCC(NC(=O)CCC(=O)c2ccc(Cl)s2)C1. The standard InChI is InChI=1S/C16H23ClN2O2S/c1-19(2)12-5-3-4-11(10-12)18-16(21)9-6-13(20)14-7-8-15(17)22-14/h7-8,11-12H,3-6,9-10H2,1-2H3,(H,18,21). The van der Waals surface area contributed by atoms with E-state index in [4.69, 9.17) is 11.6 Å². The fourth-order valence-corrected chi connectivity index (χ4v) is 3.89. The highest BCUT2D eigenvalue weighted by atomic mass is 35.5. The zero-order valence-corrected chi connectivity index (χ0v) is 14.7. The van der Waals surface area contributed by atoms with Crippen molar-refractivity contribution in [3.8, 4) is 0 Å². The highest BCUT2D eigenvalue weighted by Crippen LogP contribution is 2.23. The van der Waals surface area contributed by atoms with E-state index in [9.17, 15) is 9.59 Å². The zero-order chi connectivity index (χ0) is 16.1. The number of ketones is 1. The lowest BCUT2D eigenvalue weighted by Gasteiger charge is -2.33. The van der Waals surface area contributed by atoms with Gasteiger partial charge in [-0.2, -0.15) is 0 Å². The predicted octanol–water partition coefficient (Wildman–Crippen LogP) is 3.35. The minimum absolute atomic E-state index is 0.0122. The van der Waals surface area contributed by atoms with Gasteiger partial charge in [-0.1, -0.05) is 11.6 Å². The number of hydrogen-bond donors (Lipinski definition) is 1. The van der Waals surface area contributed by atoms with Crippen LogP contribution in [-0.4, -0.2) is 42.8 Å². The molecule has 0 saturated heterocycles. The quantitative estimate of drug-likeness (QED) is 0.806. The number of amides is 1. The third-order valence-electron chi connectivity index (χ3n) is 4.17. The van der Waals surface area contributed by atoms with Crippen molar-refractivity contribution in [2.24, 2.45) is 0 Å². The van der Waals surface area contributed by atoms with Crippen LogP contribution in [0.4, 0.5) is 0 Å². The highest BCUT2D eigenvalue weighted by Gasteiger charge is 2.24. The van der Waals surface area contributed by atoms with Crippen molar-refractivity contribution in [3.05, 3.63) is 21.3 Å². The number of nitrogens with zero attached hydrogens (tertiary/aromatic N) is 1. The smallest absolute Gasteiger partial charge is 0.220 e. The molecule has 122 valence electrons. The minimum Gasteiger partial charge on any atom is -0.353 e. The van der Waals surface area contributed by atoms with Gasteiger partial charge in [-0.25, -0.2) is 0 Å². The maximum Gasteiger partial charge on any atom is 0.220 e. The third-order valence-corrected chi connectivity index (χ3v) is 5.44. The van der Waals surface area contributed by atoms with E-state index in [2.05, 4.69) is 24.3 Å². The van der Waals surface area contributed by atoms with Crippen LogP contribution in [0.15, 0.2) is 12.1 Å². The minimum atomic E-state index is -0.0274. The number of Topliss-reactive ketones (excluding diaryl/α,β-unsaturated/α-hetero) is 1. The first kappa shape index (κ1) is 17.4. The summed E-state index contributed by atoms with van der Waals surface area (Å²) < 4.78 is 0.602. The van der Waals surface area contributed by atoms with Crippen molar-refractivity contribution < 1.29 is 9.59 Å². The Hall–Kier alpha value is -0.910. The van der Waals surface area contributed by atoms with Crippen molar-refractivity contribution >= 4 is 34.6 Å². The van der Waals surface area contributed by atoms with Crippen LogP contribution in [0.5, 0.6) is 0 Å². The van der Waals surface area contributed by atoms with Crippen molar-refractivity contribution in [3.63, 3.8) is 0 Å². The Bertz CT molecular complexity index is 530. The molecule has 1 saturated carbocycles. The van der Waals surface area contributed by atoms with Crippen LogP contribution in [-0.2, 0) is 4.79 Å². The van der Waals surface area contributed by atoms with E-state index in [-0.39, 0.29) is 30.6 Å². The molecule has 1 aliphatic carbocycles. The number of rotatable bonds is 6. The molecule has 0 radical (unpaired) electrons. The summed E-state index contributed by atoms with van der Waals surface area (Å²) in [6, 6.07) is 4.20. The number of nitrogens with one attached hydrogen (secondary N) is 1. The average molecular weight is 343 g/mol. The molecular formula is C16H23ClN2O2S. The third kappa shape index (κ3) is 5.07. The number of halogens is 1. The Kier molecular flexibility index (Phi) is 6.41. The van der Waals surface area contributed by atoms with Crippen molar-refractivity contribution in [2.75, 3.05) is 14.1 Å². The second kappa shape index (κ2) is 8.09. The van der Waals surface area contributed by atoms with Gasteiger partial charge in [0.1, 0.15) is 0 Å². The molecule has 2 unspecified atom stereocenters. The fourth-order valence-electron chi connectivity index (χ4n) is 2.88. The van der Waals surface area contributed by atoms with Gasteiger partial charge in [-0.15, -0.1) is 11.3 Å². The summed E-state index contributed by atoms with van der Waals surface area (Å²) in [5.74, 6) is -0.0396. The van der Waals surface area contributed by atoms with Crippen molar-refractivity contribution in [1.82, 2.24) is 10.2 Å². The van der Waals surface area contributed by atoms with E-state index in [1.807, 2.05) is 0 Å². The van der Waals surface area contributed by atoms with Crippen LogP contribution >= 0.6 is 22.9 Å². The van der Waals surface area contributed by atoms with E-state index >= 15 is 0 Å². The van der Waals surface area contributed by atoms with Crippen LogP contribution in [0.3, 0.4) is 0 Å². The Balaban J connectivity index is 1.74. The molecule has 1 amide bonds. The molecule has 0 spiro atoms. The van der Waals surface area contributed by atoms with Crippen molar-refractivity contribution in [1.29, 1.82) is 0 Å². The normalized spacial score (nSPS) is 21.8. The van der Waals surface area contributed by atoms with E-state index in [0.29, 0.717) is 15.3 Å². The number of carbonyl (C=O) groups is 2. The second-order valence-electron chi connectivity index (χ2n) is 6.08. The average Bonchev–Trinajstić information content (AvgIpc) is 2.91. The lowest BCUT2D eigenvalue weighted by Crippen LogP contribution is -2.43. The van der Waals surface area contributed by atoms with Crippen LogP contribution in [0.25, 0.3) is 0 Å². The molecule has 6 heteroatoms. The lowest BCUT2D eigenvalue weighted by molar-refractivity contribution is -0.122. The number of carbonyl (C=O) groups excluding carboxylic acids is 2. The zero-order valence-electron chi connectivity index (χ0n) is 13.1. The van der Waals surface area contributed by atoms with Crippen LogP contribution in [0.2, 0.25) is 4.34 Å². The van der Waals surface area contributed by atoms with Gasteiger partial charge >= 0.3 is 0 Å². The summed E-state index contributed by atoms with van der Waals surface area (Å²) in [4.78, 5) is 26.8. The Morgan fingerprint density at radius 2 is 2.09 bits per heavy atom. The summed E-state index contributed by atoms with van der Waals surface area (Å²) in [5, 5.41) is 3.08. The second-order valence-corrected chi connectivity index (χ2v) is 7.79. The largest absolute Gasteiger partial charge is 0.353 e. The molecule has 1 N–H and O–H groups in total. The van der Waals surface area contributed by atoms with Crippen LogP contribution < -0.4 is 5.32 Å². The first-order valence-electron chi connectivity index (χ1n) is 7.70. The Labute approximate surface area is 140 Å². The predicted molar refractivity (Wildman–Crippen MR) is 90.8 cm³/mol. The van der Waals surface area contributed by atoms with Gasteiger partial charge in [0.25, 0.3) is 0 Å². The summed E-state index contributed by atoms with van der Waals surface area (Å²) in [6.45, 7) is 0. The first-order valence-corrected chi connectivity index (χ1v) is 8.89. The monoisotopic (exact) mass is 342 g/mol. The molecule has 22 heavy (non-hydrogen) atoms. The maximum atomic E-state index is 12.0. The molecule has 1 aromatic rings. The van der Waals surface area contributed by atoms with E-state index in [1.165, 1.54) is 17.8 Å². The molecule has 1 aliphatic rings. The molecule has 1 aromatic heterocycles. The molecular weight excluding hydrogens is 320 g/mol. The molecule has 2 atom stereocenters. The van der Waals surface area contributed by atoms with E-state index in [1.54, 1.807) is 12.1 Å². The van der Waals surface area contributed by atoms with Gasteiger partial charge in [0.2, 0.25) is 5.91 Å². The number of thiophene rings is 1. The molecule has 4 nitrogen and oxygen atoms in total. The van der Waals surface area contributed by atoms with E-state index < -0.39 is 0 Å². The molecule has 0 bridgehead atoms. The summed E-state index contributed by atoms with van der Waals surface area (Å²) in [5.41, 5.74) is 0. The van der Waals surface area contributed by atoms with Crippen LogP contribution in [0, 0.1) is 0 Å². The first-order chi connectivity index (χ1) is 10.5. The molecule has 2 rings (SSSR count). The van der Waals surface area contributed by atoms with E-state index in [0.717, 1.165) is 19.3 Å². The summed E-state index contributed by atoms with van der Waals surface area (Å²) in [6.07, 6.45) is 4.85. The number of hydrogen-bond acceptors (Lipinski definition) is 4. The topological polar surface area (TPSA) is 49.4 Å². The molecule has 0 aliphatic heterocycles. The molecule has 0 aromatic carbocycles. The van der Waals surface area contributed by atoms with Crippen LogP contribution in [0.1, 0.15) is 48.2 Å². The van der Waals surface area contributed by atoms with Gasteiger partial charge in [0, 0.05) is 24.9 Å². The van der Waals surface area contributed by atoms with Gasteiger partial charge in [-0.3, -0.25) is 9.59 Å². The van der Waals surface area contributed by atoms with Crippen molar-refractivity contribution in [2.45, 2.75) is 50.6 Å². The van der Waals surface area contributed by atoms with Gasteiger partial charge in [0.05, 0.1) is 9.21 Å². The fraction of sp³-hybridized carbons (Fsp3) is 0.625. The summed E-state index contributed by atoms with van der Waals surface area (Å²) >= 11 is 7.08. The molecule has 1 fully saturated rings. The van der Waals surface area contributed by atoms with Gasteiger partial charge in [-0.05, 0) is 51.9 Å². The summed E-state index contributed by atoms with van der Waals surface area (Å²) in [7, 11) is 4.17. The highest BCUT2D eigenvalue weighted by molar-refractivity contribution is 7.18. The lowest BCUT2D eigenvalue weighted by atomic mass is 9.90. The molecule has 1 heterocycles.